The van der Waals surface area contributed by atoms with Gasteiger partial charge in [-0.3, -0.25) is 0 Å². The summed E-state index contributed by atoms with van der Waals surface area (Å²) in [6.07, 6.45) is 1.56. The van der Waals surface area contributed by atoms with Crippen LogP contribution in [0.15, 0.2) is 60.1 Å². The molecule has 0 saturated heterocycles. The van der Waals surface area contributed by atoms with Crippen molar-refractivity contribution in [3.8, 4) is 27.9 Å². The Bertz CT molecular complexity index is 1150. The molecule has 2 N–H and O–H groups in total. The molecular weight excluding hydrogens is 370 g/mol. The van der Waals surface area contributed by atoms with Crippen molar-refractivity contribution in [1.82, 2.24) is 25.6 Å². The van der Waals surface area contributed by atoms with Gasteiger partial charge >= 0.3 is 0 Å². The molecule has 136 valence electrons. The molecule has 2 aromatic heterocycles. The number of rotatable bonds is 5. The van der Waals surface area contributed by atoms with Crippen LogP contribution in [0.3, 0.4) is 0 Å². The molecule has 0 fully saturated rings. The number of aromatic nitrogens is 5. The van der Waals surface area contributed by atoms with Crippen molar-refractivity contribution in [2.45, 2.75) is 6.92 Å². The summed E-state index contributed by atoms with van der Waals surface area (Å²) in [7, 11) is 0. The molecular formula is C20H15N7S. The standard InChI is InChI=1S/C20H15N7S/c1-13-5-7-14(8-6-13)18-12-28-20(23-18)15-3-2-4-17(9-15)22-11-16(10-21)19-24-26-27-25-19/h2-9,11-12,22H,1H3,(H,24,25,26,27). The van der Waals surface area contributed by atoms with Gasteiger partial charge in [0.2, 0.25) is 5.82 Å². The van der Waals surface area contributed by atoms with Crippen molar-refractivity contribution < 1.29 is 0 Å². The van der Waals surface area contributed by atoms with Crippen LogP contribution < -0.4 is 5.32 Å². The lowest BCUT2D eigenvalue weighted by Crippen LogP contribution is -1.93. The van der Waals surface area contributed by atoms with Gasteiger partial charge in [0.25, 0.3) is 0 Å². The van der Waals surface area contributed by atoms with E-state index in [1.54, 1.807) is 17.5 Å². The zero-order chi connectivity index (χ0) is 19.3. The van der Waals surface area contributed by atoms with E-state index >= 15 is 0 Å². The molecule has 0 aliphatic rings. The normalized spacial score (nSPS) is 11.2. The van der Waals surface area contributed by atoms with Crippen LogP contribution in [0.5, 0.6) is 0 Å². The number of anilines is 1. The van der Waals surface area contributed by atoms with E-state index < -0.39 is 0 Å². The fourth-order valence-corrected chi connectivity index (χ4v) is 3.41. The number of aryl methyl sites for hydroxylation is 1. The predicted octanol–water partition coefficient (Wildman–Crippen LogP) is 4.28. The van der Waals surface area contributed by atoms with E-state index in [4.69, 9.17) is 4.98 Å². The topological polar surface area (TPSA) is 103 Å². The monoisotopic (exact) mass is 385 g/mol. The molecule has 0 amide bonds. The molecule has 0 spiro atoms. The lowest BCUT2D eigenvalue weighted by atomic mass is 10.1. The first kappa shape index (κ1) is 17.6. The molecule has 4 rings (SSSR count). The van der Waals surface area contributed by atoms with Gasteiger partial charge in [-0.25, -0.2) is 4.98 Å². The lowest BCUT2D eigenvalue weighted by molar-refractivity contribution is 0.881. The molecule has 4 aromatic rings. The molecule has 0 saturated carbocycles. The summed E-state index contributed by atoms with van der Waals surface area (Å²) >= 11 is 1.60. The average molecular weight is 385 g/mol. The third-order valence-electron chi connectivity index (χ3n) is 4.05. The number of nitrogens with zero attached hydrogens (tertiary/aromatic N) is 5. The van der Waals surface area contributed by atoms with E-state index in [1.807, 2.05) is 30.3 Å². The molecule has 8 heteroatoms. The Morgan fingerprint density at radius 3 is 2.79 bits per heavy atom. The Hall–Kier alpha value is -3.83. The highest BCUT2D eigenvalue weighted by atomic mass is 32.1. The summed E-state index contributed by atoms with van der Waals surface area (Å²) < 4.78 is 0. The zero-order valence-electron chi connectivity index (χ0n) is 14.9. The summed E-state index contributed by atoms with van der Waals surface area (Å²) in [5, 5.41) is 28.8. The first-order valence-corrected chi connectivity index (χ1v) is 9.34. The van der Waals surface area contributed by atoms with Crippen molar-refractivity contribution in [3.05, 3.63) is 71.5 Å². The SMILES string of the molecule is Cc1ccc(-c2csc(-c3cccc(NC=C(C#N)c4nn[nH]n4)c3)n2)cc1. The van der Waals surface area contributed by atoms with Crippen LogP contribution in [-0.4, -0.2) is 25.6 Å². The number of nitriles is 1. The number of nitrogens with one attached hydrogen (secondary N) is 2. The van der Waals surface area contributed by atoms with Gasteiger partial charge in [0.05, 0.1) is 5.69 Å². The highest BCUT2D eigenvalue weighted by molar-refractivity contribution is 7.13. The number of benzene rings is 2. The van der Waals surface area contributed by atoms with Gasteiger partial charge in [-0.1, -0.05) is 42.0 Å². The van der Waals surface area contributed by atoms with Crippen LogP contribution in [0, 0.1) is 18.3 Å². The summed E-state index contributed by atoms with van der Waals surface area (Å²) in [5.41, 5.74) is 5.41. The first-order valence-electron chi connectivity index (χ1n) is 8.46. The number of hydrogen-bond donors (Lipinski definition) is 2. The van der Waals surface area contributed by atoms with Crippen molar-refractivity contribution in [2.24, 2.45) is 0 Å². The molecule has 28 heavy (non-hydrogen) atoms. The number of allylic oxidation sites excluding steroid dienone is 1. The van der Waals surface area contributed by atoms with E-state index in [0.29, 0.717) is 0 Å². The minimum Gasteiger partial charge on any atom is -0.360 e. The molecule has 0 radical (unpaired) electrons. The number of H-pyrrole nitrogens is 1. The van der Waals surface area contributed by atoms with E-state index in [0.717, 1.165) is 27.5 Å². The largest absolute Gasteiger partial charge is 0.360 e. The highest BCUT2D eigenvalue weighted by Gasteiger charge is 2.08. The highest BCUT2D eigenvalue weighted by Crippen LogP contribution is 2.30. The minimum atomic E-state index is 0.244. The predicted molar refractivity (Wildman–Crippen MR) is 109 cm³/mol. The van der Waals surface area contributed by atoms with Crippen LogP contribution >= 0.6 is 11.3 Å². The van der Waals surface area contributed by atoms with Gasteiger partial charge in [-0.05, 0) is 24.3 Å². The molecule has 0 bridgehead atoms. The third kappa shape index (κ3) is 3.79. The number of tetrazole rings is 1. The lowest BCUT2D eigenvalue weighted by Gasteiger charge is -2.03. The smallest absolute Gasteiger partial charge is 0.216 e. The Morgan fingerprint density at radius 1 is 1.18 bits per heavy atom. The van der Waals surface area contributed by atoms with Crippen LogP contribution in [0.25, 0.3) is 27.4 Å². The van der Waals surface area contributed by atoms with Crippen molar-refractivity contribution >= 4 is 22.6 Å². The zero-order valence-corrected chi connectivity index (χ0v) is 15.7. The fourth-order valence-electron chi connectivity index (χ4n) is 2.58. The maximum atomic E-state index is 9.25. The fraction of sp³-hybridized carbons (Fsp3) is 0.0500. The summed E-state index contributed by atoms with van der Waals surface area (Å²) in [6, 6.07) is 18.2. The molecule has 2 aromatic carbocycles. The molecule has 0 aliphatic heterocycles. The Kier molecular flexibility index (Phi) is 4.91. The van der Waals surface area contributed by atoms with Gasteiger partial charge in [0.15, 0.2) is 0 Å². The van der Waals surface area contributed by atoms with Gasteiger partial charge in [-0.2, -0.15) is 10.5 Å². The summed E-state index contributed by atoms with van der Waals surface area (Å²) in [5.74, 6) is 0.244. The summed E-state index contributed by atoms with van der Waals surface area (Å²) in [4.78, 5) is 4.76. The van der Waals surface area contributed by atoms with E-state index in [-0.39, 0.29) is 11.4 Å². The van der Waals surface area contributed by atoms with Crippen LogP contribution in [0.4, 0.5) is 5.69 Å². The van der Waals surface area contributed by atoms with Crippen molar-refractivity contribution in [1.29, 1.82) is 5.26 Å². The second kappa shape index (κ2) is 7.82. The van der Waals surface area contributed by atoms with Gasteiger partial charge in [0.1, 0.15) is 16.6 Å². The average Bonchev–Trinajstić information content (AvgIpc) is 3.42. The van der Waals surface area contributed by atoms with Gasteiger partial charge in [-0.15, -0.1) is 21.5 Å². The second-order valence-corrected chi connectivity index (χ2v) is 6.89. The van der Waals surface area contributed by atoms with Crippen LogP contribution in [-0.2, 0) is 0 Å². The maximum Gasteiger partial charge on any atom is 0.216 e. The van der Waals surface area contributed by atoms with E-state index in [1.165, 1.54) is 5.56 Å². The number of thiazole rings is 1. The van der Waals surface area contributed by atoms with Crippen LogP contribution in [0.2, 0.25) is 0 Å². The van der Waals surface area contributed by atoms with E-state index in [9.17, 15) is 5.26 Å². The molecule has 0 aliphatic carbocycles. The molecule has 7 nitrogen and oxygen atoms in total. The quantitative estimate of drug-likeness (QED) is 0.497. The van der Waals surface area contributed by atoms with Crippen molar-refractivity contribution in [3.63, 3.8) is 0 Å². The minimum absolute atomic E-state index is 0.244. The number of hydrogen-bond acceptors (Lipinski definition) is 7. The molecule has 0 atom stereocenters. The summed E-state index contributed by atoms with van der Waals surface area (Å²) in [6.45, 7) is 2.07. The van der Waals surface area contributed by atoms with Gasteiger partial charge in [0, 0.05) is 28.4 Å². The molecule has 2 heterocycles. The van der Waals surface area contributed by atoms with Crippen LogP contribution in [0.1, 0.15) is 11.4 Å². The second-order valence-electron chi connectivity index (χ2n) is 6.03. The molecule has 0 unspecified atom stereocenters. The third-order valence-corrected chi connectivity index (χ3v) is 4.94. The Labute approximate surface area is 165 Å². The first-order chi connectivity index (χ1) is 13.7. The number of aromatic amines is 1. The van der Waals surface area contributed by atoms with Gasteiger partial charge < -0.3 is 5.32 Å². The maximum absolute atomic E-state index is 9.25. The Balaban J connectivity index is 1.56. The Morgan fingerprint density at radius 2 is 2.04 bits per heavy atom. The van der Waals surface area contributed by atoms with E-state index in [2.05, 4.69) is 62.5 Å². The van der Waals surface area contributed by atoms with Crippen molar-refractivity contribution in [2.75, 3.05) is 5.32 Å².